The van der Waals surface area contributed by atoms with Crippen LogP contribution < -0.4 is 11.1 Å². The molecule has 0 saturated heterocycles. The number of aromatic amines is 1. The summed E-state index contributed by atoms with van der Waals surface area (Å²) in [5, 5.41) is 9.46. The molecule has 0 unspecified atom stereocenters. The van der Waals surface area contributed by atoms with E-state index in [0.29, 0.717) is 22.0 Å². The van der Waals surface area contributed by atoms with E-state index in [0.717, 1.165) is 17.0 Å². The maximum Gasteiger partial charge on any atom is 0.416 e. The van der Waals surface area contributed by atoms with Gasteiger partial charge in [-0.05, 0) is 37.1 Å². The van der Waals surface area contributed by atoms with Crippen LogP contribution in [0.3, 0.4) is 0 Å². The third kappa shape index (κ3) is 4.71. The molecule has 2 aromatic heterocycles. The van der Waals surface area contributed by atoms with E-state index in [4.69, 9.17) is 5.73 Å². The number of alkyl halides is 3. The summed E-state index contributed by atoms with van der Waals surface area (Å²) in [6.45, 7) is 3.15. The van der Waals surface area contributed by atoms with Crippen LogP contribution in [0.4, 0.5) is 24.7 Å². The molecule has 0 radical (unpaired) electrons. The van der Waals surface area contributed by atoms with Crippen molar-refractivity contribution >= 4 is 46.6 Å². The molecular formula is C19H20ClF3N6O2. The van der Waals surface area contributed by atoms with E-state index in [2.05, 4.69) is 20.5 Å². The summed E-state index contributed by atoms with van der Waals surface area (Å²) in [7, 11) is 1.40. The molecule has 4 N–H and O–H groups in total. The first-order chi connectivity index (χ1) is 14.0. The molecule has 0 spiro atoms. The van der Waals surface area contributed by atoms with E-state index in [1.807, 2.05) is 0 Å². The number of nitrogens with zero attached hydrogens (tertiary/aromatic N) is 3. The van der Waals surface area contributed by atoms with E-state index >= 15 is 0 Å². The zero-order chi connectivity index (χ0) is 22.2. The fraction of sp³-hybridized carbons (Fsp3) is 0.263. The molecule has 3 rings (SSSR count). The van der Waals surface area contributed by atoms with Gasteiger partial charge in [0.05, 0.1) is 40.6 Å². The number of aromatic nitrogens is 3. The Hall–Kier alpha value is -3.34. The third-order valence-electron chi connectivity index (χ3n) is 4.91. The van der Waals surface area contributed by atoms with Gasteiger partial charge in [-0.25, -0.2) is 4.98 Å². The molecule has 0 aliphatic heterocycles. The van der Waals surface area contributed by atoms with Crippen molar-refractivity contribution in [2.75, 3.05) is 18.1 Å². The first-order valence-electron chi connectivity index (χ1n) is 8.84. The lowest BCUT2D eigenvalue weighted by Crippen LogP contribution is -2.38. The topological polar surface area (TPSA) is 117 Å². The summed E-state index contributed by atoms with van der Waals surface area (Å²) in [5.74, 6) is -1.59. The maximum atomic E-state index is 12.9. The number of likely N-dealkylation sites (N-methyl/N-ethyl adjacent to an activating group) is 1. The summed E-state index contributed by atoms with van der Waals surface area (Å²) in [6, 6.07) is 2.64. The van der Waals surface area contributed by atoms with Gasteiger partial charge < -0.3 is 16.0 Å². The number of nitrogen functional groups attached to an aromatic ring is 1. The molecule has 166 valence electrons. The Balaban J connectivity index is 0.00000341. The van der Waals surface area contributed by atoms with Crippen LogP contribution in [-0.2, 0) is 15.8 Å². The summed E-state index contributed by atoms with van der Waals surface area (Å²) >= 11 is 0. The standard InChI is InChI=1S/C19H19F3N6O2.ClH/c1-9-6-11(19(20,21)22)4-5-12(9)10(2)28(3)18(30)17(29)26-14-8-24-16(23)13-7-25-27-15(13)14;/h4-8,10H,1-3H3,(H2,23,24)(H,25,27)(H,26,29);1H/t10-;/m0./s1. The van der Waals surface area contributed by atoms with Gasteiger partial charge in [0.15, 0.2) is 0 Å². The number of fused-ring (bicyclic) bond motifs is 1. The van der Waals surface area contributed by atoms with Gasteiger partial charge in [-0.15, -0.1) is 12.4 Å². The number of hydrogen-bond donors (Lipinski definition) is 3. The van der Waals surface area contributed by atoms with Crippen LogP contribution in [0.25, 0.3) is 10.9 Å². The van der Waals surface area contributed by atoms with Crippen molar-refractivity contribution in [1.82, 2.24) is 20.1 Å². The Morgan fingerprint density at radius 2 is 1.94 bits per heavy atom. The van der Waals surface area contributed by atoms with Gasteiger partial charge >= 0.3 is 18.0 Å². The summed E-state index contributed by atoms with van der Waals surface area (Å²) in [6.07, 6.45) is -1.72. The van der Waals surface area contributed by atoms with Crippen LogP contribution in [0.1, 0.15) is 29.7 Å². The molecule has 12 heteroatoms. The van der Waals surface area contributed by atoms with Crippen LogP contribution in [0.2, 0.25) is 0 Å². The normalized spacial score (nSPS) is 12.2. The van der Waals surface area contributed by atoms with Gasteiger partial charge in [0.25, 0.3) is 0 Å². The number of hydrogen-bond acceptors (Lipinski definition) is 5. The minimum absolute atomic E-state index is 0. The van der Waals surface area contributed by atoms with Crippen molar-refractivity contribution in [3.8, 4) is 0 Å². The van der Waals surface area contributed by atoms with Crippen molar-refractivity contribution in [1.29, 1.82) is 0 Å². The molecule has 8 nitrogen and oxygen atoms in total. The molecule has 3 aromatic rings. The van der Waals surface area contributed by atoms with E-state index in [-0.39, 0.29) is 23.9 Å². The molecule has 31 heavy (non-hydrogen) atoms. The van der Waals surface area contributed by atoms with Crippen molar-refractivity contribution in [3.05, 3.63) is 47.3 Å². The first-order valence-corrected chi connectivity index (χ1v) is 8.84. The Labute approximate surface area is 181 Å². The smallest absolute Gasteiger partial charge is 0.383 e. The number of amides is 2. The van der Waals surface area contributed by atoms with Crippen LogP contribution in [-0.4, -0.2) is 38.9 Å². The first kappa shape index (κ1) is 23.9. The molecule has 2 heterocycles. The molecule has 0 bridgehead atoms. The highest BCUT2D eigenvalue weighted by Crippen LogP contribution is 2.32. The van der Waals surface area contributed by atoms with Gasteiger partial charge in [-0.3, -0.25) is 14.7 Å². The quantitative estimate of drug-likeness (QED) is 0.522. The van der Waals surface area contributed by atoms with Crippen molar-refractivity contribution in [2.24, 2.45) is 0 Å². The molecular weight excluding hydrogens is 437 g/mol. The zero-order valence-corrected chi connectivity index (χ0v) is 17.6. The van der Waals surface area contributed by atoms with E-state index in [1.54, 1.807) is 6.92 Å². The number of pyridine rings is 1. The number of benzene rings is 1. The number of rotatable bonds is 3. The second-order valence-corrected chi connectivity index (χ2v) is 6.83. The largest absolute Gasteiger partial charge is 0.416 e. The van der Waals surface area contributed by atoms with E-state index < -0.39 is 29.6 Å². The Kier molecular flexibility index (Phi) is 6.80. The highest BCUT2D eigenvalue weighted by atomic mass is 35.5. The predicted molar refractivity (Wildman–Crippen MR) is 112 cm³/mol. The van der Waals surface area contributed by atoms with E-state index in [1.165, 1.54) is 32.4 Å². The number of aryl methyl sites for hydroxylation is 1. The Morgan fingerprint density at radius 1 is 1.26 bits per heavy atom. The average molecular weight is 457 g/mol. The van der Waals surface area contributed by atoms with Crippen LogP contribution >= 0.6 is 12.4 Å². The van der Waals surface area contributed by atoms with Crippen molar-refractivity contribution < 1.29 is 22.8 Å². The highest BCUT2D eigenvalue weighted by molar-refractivity contribution is 6.40. The lowest BCUT2D eigenvalue weighted by Gasteiger charge is -2.26. The van der Waals surface area contributed by atoms with E-state index in [9.17, 15) is 22.8 Å². The number of nitrogens with two attached hydrogens (primary N) is 1. The molecule has 0 saturated carbocycles. The van der Waals surface area contributed by atoms with Crippen LogP contribution in [0.5, 0.6) is 0 Å². The summed E-state index contributed by atoms with van der Waals surface area (Å²) in [4.78, 5) is 30.2. The van der Waals surface area contributed by atoms with Crippen molar-refractivity contribution in [3.63, 3.8) is 0 Å². The maximum absolute atomic E-state index is 12.9. The van der Waals surface area contributed by atoms with Crippen molar-refractivity contribution in [2.45, 2.75) is 26.1 Å². The number of anilines is 2. The number of nitrogens with one attached hydrogen (secondary N) is 2. The van der Waals surface area contributed by atoms with Gasteiger partial charge in [-0.1, -0.05) is 6.07 Å². The molecule has 2 amide bonds. The second kappa shape index (κ2) is 8.80. The number of carbonyl (C=O) groups is 2. The van der Waals surface area contributed by atoms with Gasteiger partial charge in [0, 0.05) is 7.05 Å². The Morgan fingerprint density at radius 3 is 2.55 bits per heavy atom. The predicted octanol–water partition coefficient (Wildman–Crippen LogP) is 3.45. The number of H-pyrrole nitrogens is 1. The number of carbonyl (C=O) groups excluding carboxylic acids is 2. The fourth-order valence-electron chi connectivity index (χ4n) is 3.09. The fourth-order valence-corrected chi connectivity index (χ4v) is 3.09. The molecule has 1 aromatic carbocycles. The van der Waals surface area contributed by atoms with Gasteiger partial charge in [0.2, 0.25) is 0 Å². The highest BCUT2D eigenvalue weighted by Gasteiger charge is 2.32. The zero-order valence-electron chi connectivity index (χ0n) is 16.7. The number of halogens is 4. The molecule has 0 fully saturated rings. The average Bonchev–Trinajstić information content (AvgIpc) is 3.18. The molecule has 1 atom stereocenters. The minimum atomic E-state index is -4.46. The van der Waals surface area contributed by atoms with Gasteiger partial charge in [0.1, 0.15) is 5.82 Å². The van der Waals surface area contributed by atoms with Gasteiger partial charge in [-0.2, -0.15) is 18.3 Å². The Bertz CT molecular complexity index is 1130. The van der Waals surface area contributed by atoms with Crippen LogP contribution in [0, 0.1) is 6.92 Å². The third-order valence-corrected chi connectivity index (χ3v) is 4.91. The lowest BCUT2D eigenvalue weighted by atomic mass is 9.98. The van der Waals surface area contributed by atoms with Crippen LogP contribution in [0.15, 0.2) is 30.6 Å². The molecule has 0 aliphatic rings. The summed E-state index contributed by atoms with van der Waals surface area (Å²) in [5.41, 5.74) is 6.45. The lowest BCUT2D eigenvalue weighted by molar-refractivity contribution is -0.143. The monoisotopic (exact) mass is 456 g/mol. The second-order valence-electron chi connectivity index (χ2n) is 6.83. The summed E-state index contributed by atoms with van der Waals surface area (Å²) < 4.78 is 38.6. The molecule has 0 aliphatic carbocycles. The minimum Gasteiger partial charge on any atom is -0.383 e. The SMILES string of the molecule is Cc1cc(C(F)(F)F)ccc1[C@H](C)N(C)C(=O)C(=O)Nc1cnc(N)c2cn[nH]c12.Cl.